The van der Waals surface area contributed by atoms with Crippen molar-refractivity contribution < 1.29 is 14.3 Å². The first-order valence-electron chi connectivity index (χ1n) is 8.10. The second kappa shape index (κ2) is 6.93. The van der Waals surface area contributed by atoms with Crippen molar-refractivity contribution in [2.24, 2.45) is 5.92 Å². The molecular weight excluding hydrogens is 296 g/mol. The SMILES string of the molecule is CN1C[C@@H](C(=O)NC2CCC(Oc3ncccn3)CC2)CC1=O. The van der Waals surface area contributed by atoms with Crippen LogP contribution >= 0.6 is 0 Å². The van der Waals surface area contributed by atoms with Crippen LogP contribution in [0.2, 0.25) is 0 Å². The molecule has 1 aromatic heterocycles. The lowest BCUT2D eigenvalue weighted by Gasteiger charge is -2.29. The molecule has 124 valence electrons. The number of amides is 2. The number of carbonyl (C=O) groups excluding carboxylic acids is 2. The molecule has 1 aromatic rings. The molecule has 1 saturated heterocycles. The van der Waals surface area contributed by atoms with Crippen molar-refractivity contribution in [3.63, 3.8) is 0 Å². The Balaban J connectivity index is 1.42. The van der Waals surface area contributed by atoms with Crippen LogP contribution in [-0.4, -0.2) is 52.4 Å². The van der Waals surface area contributed by atoms with E-state index in [-0.39, 0.29) is 29.9 Å². The second-order valence-electron chi connectivity index (χ2n) is 6.31. The fraction of sp³-hybridized carbons (Fsp3) is 0.625. The van der Waals surface area contributed by atoms with E-state index >= 15 is 0 Å². The Morgan fingerprint density at radius 1 is 1.26 bits per heavy atom. The molecule has 0 spiro atoms. The van der Waals surface area contributed by atoms with Gasteiger partial charge in [-0.3, -0.25) is 9.59 Å². The van der Waals surface area contributed by atoms with Gasteiger partial charge in [-0.05, 0) is 31.7 Å². The van der Waals surface area contributed by atoms with Gasteiger partial charge in [-0.1, -0.05) is 0 Å². The summed E-state index contributed by atoms with van der Waals surface area (Å²) in [5, 5.41) is 3.08. The topological polar surface area (TPSA) is 84.4 Å². The largest absolute Gasteiger partial charge is 0.460 e. The van der Waals surface area contributed by atoms with Crippen molar-refractivity contribution in [2.45, 2.75) is 44.2 Å². The molecule has 1 aliphatic heterocycles. The van der Waals surface area contributed by atoms with E-state index in [0.29, 0.717) is 19.0 Å². The van der Waals surface area contributed by atoms with Crippen LogP contribution in [-0.2, 0) is 9.59 Å². The third kappa shape index (κ3) is 3.97. The molecule has 2 aliphatic rings. The van der Waals surface area contributed by atoms with E-state index in [1.165, 1.54) is 0 Å². The van der Waals surface area contributed by atoms with Crippen molar-refractivity contribution in [1.29, 1.82) is 0 Å². The minimum absolute atomic E-state index is 0.00142. The second-order valence-corrected chi connectivity index (χ2v) is 6.31. The quantitative estimate of drug-likeness (QED) is 0.886. The lowest BCUT2D eigenvalue weighted by atomic mass is 9.92. The van der Waals surface area contributed by atoms with Crippen molar-refractivity contribution in [1.82, 2.24) is 20.2 Å². The van der Waals surface area contributed by atoms with Gasteiger partial charge in [0.25, 0.3) is 0 Å². The number of hydrogen-bond acceptors (Lipinski definition) is 5. The molecule has 0 unspecified atom stereocenters. The predicted octanol–water partition coefficient (Wildman–Crippen LogP) is 0.761. The smallest absolute Gasteiger partial charge is 0.316 e. The lowest BCUT2D eigenvalue weighted by molar-refractivity contribution is -0.128. The Bertz CT molecular complexity index is 558. The summed E-state index contributed by atoms with van der Waals surface area (Å²) in [6.07, 6.45) is 7.23. The molecule has 1 atom stereocenters. The van der Waals surface area contributed by atoms with Crippen molar-refractivity contribution >= 4 is 11.8 Å². The van der Waals surface area contributed by atoms with Gasteiger partial charge in [0.15, 0.2) is 0 Å². The maximum Gasteiger partial charge on any atom is 0.316 e. The molecule has 1 N–H and O–H groups in total. The molecule has 0 radical (unpaired) electrons. The first-order chi connectivity index (χ1) is 11.1. The molecule has 23 heavy (non-hydrogen) atoms. The number of ether oxygens (including phenoxy) is 1. The number of carbonyl (C=O) groups is 2. The zero-order valence-electron chi connectivity index (χ0n) is 13.3. The van der Waals surface area contributed by atoms with Crippen molar-refractivity contribution in [3.8, 4) is 6.01 Å². The fourth-order valence-corrected chi connectivity index (χ4v) is 3.18. The van der Waals surface area contributed by atoms with Gasteiger partial charge in [-0.2, -0.15) is 0 Å². The van der Waals surface area contributed by atoms with Crippen LogP contribution in [0.4, 0.5) is 0 Å². The molecular formula is C16H22N4O3. The molecule has 2 fully saturated rings. The Morgan fingerprint density at radius 3 is 2.57 bits per heavy atom. The van der Waals surface area contributed by atoms with E-state index in [0.717, 1.165) is 25.7 Å². The summed E-state index contributed by atoms with van der Waals surface area (Å²) in [6.45, 7) is 0.522. The molecule has 0 bridgehead atoms. The normalized spacial score (nSPS) is 27.8. The average Bonchev–Trinajstić information content (AvgIpc) is 2.90. The van der Waals surface area contributed by atoms with Crippen LogP contribution in [0, 0.1) is 5.92 Å². The van der Waals surface area contributed by atoms with Gasteiger partial charge in [0.05, 0.1) is 5.92 Å². The van der Waals surface area contributed by atoms with Gasteiger partial charge >= 0.3 is 6.01 Å². The maximum atomic E-state index is 12.2. The van der Waals surface area contributed by atoms with E-state index in [9.17, 15) is 9.59 Å². The van der Waals surface area contributed by atoms with Crippen LogP contribution < -0.4 is 10.1 Å². The van der Waals surface area contributed by atoms with E-state index in [1.807, 2.05) is 0 Å². The van der Waals surface area contributed by atoms with Gasteiger partial charge in [-0.25, -0.2) is 9.97 Å². The van der Waals surface area contributed by atoms with Crippen molar-refractivity contribution in [3.05, 3.63) is 18.5 Å². The molecule has 1 aliphatic carbocycles. The van der Waals surface area contributed by atoms with E-state index < -0.39 is 0 Å². The number of aromatic nitrogens is 2. The Kier molecular flexibility index (Phi) is 4.73. The third-order valence-corrected chi connectivity index (χ3v) is 4.55. The summed E-state index contributed by atoms with van der Waals surface area (Å²) in [5.74, 6) is -0.164. The molecule has 7 heteroatoms. The Hall–Kier alpha value is -2.18. The number of nitrogens with zero attached hydrogens (tertiary/aromatic N) is 3. The summed E-state index contributed by atoms with van der Waals surface area (Å²) in [6, 6.07) is 2.33. The van der Waals surface area contributed by atoms with Crippen LogP contribution in [0.1, 0.15) is 32.1 Å². The third-order valence-electron chi connectivity index (χ3n) is 4.55. The van der Waals surface area contributed by atoms with E-state index in [2.05, 4.69) is 15.3 Å². The standard InChI is InChI=1S/C16H22N4O3/c1-20-10-11(9-14(20)21)15(22)19-12-3-5-13(6-4-12)23-16-17-7-2-8-18-16/h2,7-8,11-13H,3-6,9-10H2,1H3,(H,19,22)/t11-,12?,13?/m0/s1. The monoisotopic (exact) mass is 318 g/mol. The number of nitrogens with one attached hydrogen (secondary N) is 1. The van der Waals surface area contributed by atoms with Crippen LogP contribution in [0.15, 0.2) is 18.5 Å². The van der Waals surface area contributed by atoms with E-state index in [1.54, 1.807) is 30.4 Å². The summed E-state index contributed by atoms with van der Waals surface area (Å²) >= 11 is 0. The van der Waals surface area contributed by atoms with Gasteiger partial charge < -0.3 is 15.0 Å². The highest BCUT2D eigenvalue weighted by Crippen LogP contribution is 2.23. The summed E-state index contributed by atoms with van der Waals surface area (Å²) in [7, 11) is 1.74. The zero-order valence-corrected chi connectivity index (χ0v) is 13.3. The molecule has 1 saturated carbocycles. The Labute approximate surface area is 135 Å². The number of likely N-dealkylation sites (tertiary alicyclic amines) is 1. The highest BCUT2D eigenvalue weighted by Gasteiger charge is 2.33. The predicted molar refractivity (Wildman–Crippen MR) is 82.6 cm³/mol. The summed E-state index contributed by atoms with van der Waals surface area (Å²) < 4.78 is 5.75. The van der Waals surface area contributed by atoms with Crippen LogP contribution in [0.25, 0.3) is 0 Å². The highest BCUT2D eigenvalue weighted by atomic mass is 16.5. The fourth-order valence-electron chi connectivity index (χ4n) is 3.18. The first kappa shape index (κ1) is 15.7. The minimum Gasteiger partial charge on any atom is -0.460 e. The Morgan fingerprint density at radius 2 is 1.96 bits per heavy atom. The zero-order chi connectivity index (χ0) is 16.2. The summed E-state index contributed by atoms with van der Waals surface area (Å²) in [5.41, 5.74) is 0. The van der Waals surface area contributed by atoms with E-state index in [4.69, 9.17) is 4.74 Å². The van der Waals surface area contributed by atoms with Crippen molar-refractivity contribution in [2.75, 3.05) is 13.6 Å². The van der Waals surface area contributed by atoms with Gasteiger partial charge in [-0.15, -0.1) is 0 Å². The molecule has 0 aromatic carbocycles. The molecule has 2 amide bonds. The number of rotatable bonds is 4. The average molecular weight is 318 g/mol. The lowest BCUT2D eigenvalue weighted by Crippen LogP contribution is -2.43. The van der Waals surface area contributed by atoms with Gasteiger partial charge in [0, 0.05) is 38.4 Å². The number of hydrogen-bond donors (Lipinski definition) is 1. The summed E-state index contributed by atoms with van der Waals surface area (Å²) in [4.78, 5) is 33.5. The first-order valence-corrected chi connectivity index (χ1v) is 8.10. The van der Waals surface area contributed by atoms with Crippen LogP contribution in [0.3, 0.4) is 0 Å². The van der Waals surface area contributed by atoms with Gasteiger partial charge in [0.2, 0.25) is 11.8 Å². The minimum atomic E-state index is -0.209. The maximum absolute atomic E-state index is 12.2. The van der Waals surface area contributed by atoms with Crippen LogP contribution in [0.5, 0.6) is 6.01 Å². The molecule has 7 nitrogen and oxygen atoms in total. The molecule has 2 heterocycles. The molecule has 3 rings (SSSR count). The highest BCUT2D eigenvalue weighted by molar-refractivity contribution is 5.89. The van der Waals surface area contributed by atoms with Gasteiger partial charge in [0.1, 0.15) is 6.10 Å².